The summed E-state index contributed by atoms with van der Waals surface area (Å²) in [5.74, 6) is -1.62. The Hall–Kier alpha value is -4.83. The number of amides is 2. The van der Waals surface area contributed by atoms with E-state index in [1.54, 1.807) is 41.0 Å². The molecule has 0 aliphatic carbocycles. The van der Waals surface area contributed by atoms with Gasteiger partial charge in [0.05, 0.1) is 47.4 Å². The van der Waals surface area contributed by atoms with E-state index in [9.17, 15) is 24.8 Å². The van der Waals surface area contributed by atoms with Crippen LogP contribution in [0.25, 0.3) is 0 Å². The van der Waals surface area contributed by atoms with Gasteiger partial charge in [0.2, 0.25) is 14.3 Å². The Morgan fingerprint density at radius 1 is 1.19 bits per heavy atom. The first kappa shape index (κ1) is 37.5. The van der Waals surface area contributed by atoms with Crippen molar-refractivity contribution in [2.24, 2.45) is 11.8 Å². The molecule has 284 valence electrons. The van der Waals surface area contributed by atoms with Crippen LogP contribution < -0.4 is 15.5 Å². The van der Waals surface area contributed by atoms with E-state index in [0.29, 0.717) is 42.1 Å². The molecule has 4 heterocycles. The van der Waals surface area contributed by atoms with Crippen molar-refractivity contribution >= 4 is 37.3 Å². The van der Waals surface area contributed by atoms with Crippen molar-refractivity contribution in [2.45, 2.75) is 75.5 Å². The number of nitro benzene ring substituents is 1. The van der Waals surface area contributed by atoms with Gasteiger partial charge in [0.15, 0.2) is 5.60 Å². The number of aryl methyl sites for hydroxylation is 1. The van der Waals surface area contributed by atoms with E-state index in [4.69, 9.17) is 4.74 Å². The van der Waals surface area contributed by atoms with Crippen molar-refractivity contribution in [3.8, 4) is 0 Å². The summed E-state index contributed by atoms with van der Waals surface area (Å²) in [7, 11) is -3.52. The Bertz CT molecular complexity index is 2020. The normalized spacial score (nSPS) is 24.5. The lowest BCUT2D eigenvalue weighted by Gasteiger charge is -2.31. The fourth-order valence-electron chi connectivity index (χ4n) is 8.72. The van der Waals surface area contributed by atoms with Crippen LogP contribution in [-0.4, -0.2) is 71.0 Å². The highest BCUT2D eigenvalue weighted by molar-refractivity contribution is 6.72. The third kappa shape index (κ3) is 7.08. The number of hydrogen-bond donors (Lipinski definition) is 3. The molecule has 1 spiro atoms. The highest BCUT2D eigenvalue weighted by atomic mass is 28.4. The Morgan fingerprint density at radius 3 is 2.69 bits per heavy atom. The average Bonchev–Trinajstić information content (AvgIpc) is 3.82. The Morgan fingerprint density at radius 2 is 1.98 bits per heavy atom. The number of fused-ring (bicyclic) bond motifs is 2. The van der Waals surface area contributed by atoms with Gasteiger partial charge in [0.25, 0.3) is 11.6 Å². The molecule has 3 N–H and O–H groups in total. The Labute approximate surface area is 314 Å². The number of ether oxygens (including phenoxy) is 1. The van der Waals surface area contributed by atoms with Crippen molar-refractivity contribution in [3.63, 3.8) is 0 Å². The number of anilines is 2. The minimum Gasteiger partial charge on any atom is -0.395 e. The monoisotopic (exact) mass is 755 g/mol. The molecule has 0 saturated carbocycles. The lowest BCUT2D eigenvalue weighted by Crippen LogP contribution is -2.45. The van der Waals surface area contributed by atoms with Crippen molar-refractivity contribution in [1.82, 2.24) is 20.3 Å². The van der Waals surface area contributed by atoms with Gasteiger partial charge in [-0.1, -0.05) is 54.6 Å². The summed E-state index contributed by atoms with van der Waals surface area (Å²) in [6.45, 7) is 6.82. The summed E-state index contributed by atoms with van der Waals surface area (Å²) in [4.78, 5) is 41.0. The number of benzene rings is 3. The average molecular weight is 756 g/mol. The molecule has 1 aromatic heterocycles. The smallest absolute Gasteiger partial charge is 0.269 e. The summed E-state index contributed by atoms with van der Waals surface area (Å²) < 4.78 is 24.9. The maximum Gasteiger partial charge on any atom is 0.269 e. The predicted molar refractivity (Wildman–Crippen MR) is 203 cm³/mol. The lowest BCUT2D eigenvalue weighted by atomic mass is 9.82. The summed E-state index contributed by atoms with van der Waals surface area (Å²) >= 11 is 0. The van der Waals surface area contributed by atoms with Crippen molar-refractivity contribution < 1.29 is 28.5 Å². The fraction of sp³-hybridized carbons (Fsp3) is 0.436. The molecule has 4 aromatic rings. The zero-order chi connectivity index (χ0) is 38.2. The first-order chi connectivity index (χ1) is 25.9. The maximum absolute atomic E-state index is 16.5. The van der Waals surface area contributed by atoms with E-state index in [2.05, 4.69) is 20.9 Å². The second-order valence-corrected chi connectivity index (χ2v) is 19.0. The summed E-state index contributed by atoms with van der Waals surface area (Å²) in [6, 6.07) is 21.2. The molecular formula is C39H46FN7O6Si. The van der Waals surface area contributed by atoms with Crippen LogP contribution in [0.15, 0.2) is 79.0 Å². The second kappa shape index (κ2) is 15.1. The largest absolute Gasteiger partial charge is 0.395 e. The van der Waals surface area contributed by atoms with Crippen molar-refractivity contribution in [1.29, 1.82) is 0 Å². The molecule has 3 aliphatic heterocycles. The van der Waals surface area contributed by atoms with Crippen LogP contribution in [0, 0.1) is 22.0 Å². The second-order valence-electron chi connectivity index (χ2n) is 15.2. The minimum atomic E-state index is -3.52. The standard InChI is InChI=1S/C39H46FN7O6Si/c1-25-36(54(2,3)40)35(16-18-45-23-33(43-44-45)31(24-48)27-10-5-4-6-11-27)53-39(25)32-20-30(47(51)52)14-15-34(32)46(38(39)50)22-26-9-7-13-29(19-26)42-37(49)28-12-8-17-41-21-28/h4-7,9-11,13-15,19-20,23,25,28,31,35-36,41,48H,8,12,16-18,21-22,24H2,1-3H3,(H,42,49)/t25-,28?,31?,35+,36-,39+/m0/s1. The molecule has 3 aromatic carbocycles. The summed E-state index contributed by atoms with van der Waals surface area (Å²) in [6.07, 6.45) is 3.11. The number of aromatic nitrogens is 3. The van der Waals surface area contributed by atoms with Gasteiger partial charge in [-0.3, -0.25) is 24.4 Å². The number of nitrogens with one attached hydrogen (secondary N) is 2. The highest BCUT2D eigenvalue weighted by Crippen LogP contribution is 2.60. The molecule has 2 unspecified atom stereocenters. The number of piperidine rings is 1. The van der Waals surface area contributed by atoms with E-state index >= 15 is 4.11 Å². The highest BCUT2D eigenvalue weighted by Gasteiger charge is 2.67. The van der Waals surface area contributed by atoms with Gasteiger partial charge >= 0.3 is 0 Å². The molecule has 3 aliphatic rings. The molecule has 2 amide bonds. The molecule has 2 saturated heterocycles. The van der Waals surface area contributed by atoms with Crippen molar-refractivity contribution in [2.75, 3.05) is 29.9 Å². The van der Waals surface area contributed by atoms with Crippen LogP contribution in [0.1, 0.15) is 54.5 Å². The number of non-ortho nitro benzene ring substituents is 1. The van der Waals surface area contributed by atoms with E-state index in [1.165, 1.54) is 12.1 Å². The van der Waals surface area contributed by atoms with Crippen LogP contribution in [0.3, 0.4) is 0 Å². The van der Waals surface area contributed by atoms with Crippen LogP contribution in [0.5, 0.6) is 0 Å². The predicted octanol–water partition coefficient (Wildman–Crippen LogP) is 5.66. The number of rotatable bonds is 12. The van der Waals surface area contributed by atoms with Gasteiger partial charge in [-0.2, -0.15) is 0 Å². The van der Waals surface area contributed by atoms with Gasteiger partial charge in [0.1, 0.15) is 0 Å². The number of halogens is 1. The molecule has 13 nitrogen and oxygen atoms in total. The lowest BCUT2D eigenvalue weighted by molar-refractivity contribution is -0.385. The number of aliphatic hydroxyl groups excluding tert-OH is 1. The number of nitrogens with zero attached hydrogens (tertiary/aromatic N) is 5. The molecule has 54 heavy (non-hydrogen) atoms. The summed E-state index contributed by atoms with van der Waals surface area (Å²) in [5, 5.41) is 37.1. The van der Waals surface area contributed by atoms with Gasteiger partial charge in [-0.25, -0.2) is 0 Å². The van der Waals surface area contributed by atoms with Gasteiger partial charge in [0, 0.05) is 54.1 Å². The van der Waals surface area contributed by atoms with Crippen LogP contribution >= 0.6 is 0 Å². The SMILES string of the molecule is C[C@H]1[C@H]([Si](C)(C)F)[C@@H](CCn2cc(C(CO)c3ccccc3)nn2)O[C@]12C(=O)N(Cc1cccc(NC(=O)C3CCCNC3)c1)c1ccc([N+](=O)[O-])cc12. The van der Waals surface area contributed by atoms with Crippen LogP contribution in [0.4, 0.5) is 21.2 Å². The number of nitro groups is 1. The minimum absolute atomic E-state index is 0.0667. The van der Waals surface area contributed by atoms with E-state index in [1.807, 2.05) is 55.5 Å². The molecule has 7 rings (SSSR count). The van der Waals surface area contributed by atoms with Gasteiger partial charge in [-0.15, -0.1) is 5.10 Å². The van der Waals surface area contributed by atoms with E-state index in [0.717, 1.165) is 30.5 Å². The molecule has 0 bridgehead atoms. The number of hydrogen-bond acceptors (Lipinski definition) is 9. The van der Waals surface area contributed by atoms with Crippen LogP contribution in [0.2, 0.25) is 18.6 Å². The van der Waals surface area contributed by atoms with E-state index < -0.39 is 42.4 Å². The topological polar surface area (TPSA) is 165 Å². The third-order valence-corrected chi connectivity index (χ3v) is 13.8. The van der Waals surface area contributed by atoms with Crippen molar-refractivity contribution in [3.05, 3.63) is 111 Å². The molecule has 0 radical (unpaired) electrons. The quantitative estimate of drug-likeness (QED) is 0.0717. The third-order valence-electron chi connectivity index (χ3n) is 11.3. The number of aliphatic hydroxyl groups is 1. The van der Waals surface area contributed by atoms with E-state index in [-0.39, 0.29) is 36.6 Å². The number of carbonyl (C=O) groups is 2. The first-order valence-electron chi connectivity index (χ1n) is 18.5. The molecule has 15 heteroatoms. The molecule has 2 fully saturated rings. The Balaban J connectivity index is 1.17. The summed E-state index contributed by atoms with van der Waals surface area (Å²) in [5.41, 5.74) is 1.18. The zero-order valence-corrected chi connectivity index (χ0v) is 31.7. The first-order valence-corrected chi connectivity index (χ1v) is 21.5. The fourth-order valence-corrected chi connectivity index (χ4v) is 11.3. The van der Waals surface area contributed by atoms with Gasteiger partial charge < -0.3 is 29.5 Å². The number of carbonyl (C=O) groups excluding carboxylic acids is 2. The van der Waals surface area contributed by atoms with Crippen LogP contribution in [-0.2, 0) is 33.0 Å². The van der Waals surface area contributed by atoms with Gasteiger partial charge in [-0.05, 0) is 68.2 Å². The molecule has 6 atom stereocenters. The maximum atomic E-state index is 16.5. The Kier molecular flexibility index (Phi) is 10.5. The zero-order valence-electron chi connectivity index (χ0n) is 30.7. The molecular weight excluding hydrogens is 710 g/mol.